The van der Waals surface area contributed by atoms with Crippen molar-refractivity contribution in [1.29, 1.82) is 0 Å². The Hall–Kier alpha value is -1.93. The van der Waals surface area contributed by atoms with Crippen molar-refractivity contribution in [2.24, 2.45) is 21.7 Å². The van der Waals surface area contributed by atoms with Crippen LogP contribution in [0.3, 0.4) is 0 Å². The van der Waals surface area contributed by atoms with E-state index in [4.69, 9.17) is 16.0 Å². The van der Waals surface area contributed by atoms with Crippen LogP contribution >= 0.6 is 0 Å². The molecule has 0 amide bonds. The maximum absolute atomic E-state index is 11.0. The number of guanidine groups is 1. The Morgan fingerprint density at radius 2 is 2.06 bits per heavy atom. The highest BCUT2D eigenvalue weighted by molar-refractivity contribution is 7.85. The Labute approximate surface area is 98.6 Å². The maximum Gasteiger partial charge on any atom is 0.294 e. The molecule has 0 aliphatic carbocycles. The fourth-order valence-electron chi connectivity index (χ4n) is 1.14. The van der Waals surface area contributed by atoms with Crippen molar-refractivity contribution in [2.45, 2.75) is 11.8 Å². The Kier molecular flexibility index (Phi) is 3.81. The summed E-state index contributed by atoms with van der Waals surface area (Å²) in [6, 6.07) is 4.44. The van der Waals surface area contributed by atoms with Crippen molar-refractivity contribution in [1.82, 2.24) is 0 Å². The van der Waals surface area contributed by atoms with Gasteiger partial charge in [0.2, 0.25) is 5.96 Å². The number of hydrogen-bond donors (Lipinski definition) is 3. The van der Waals surface area contributed by atoms with Crippen LogP contribution in [-0.2, 0) is 10.1 Å². The molecule has 0 saturated carbocycles. The molecule has 5 N–H and O–H groups in total. The van der Waals surface area contributed by atoms with Gasteiger partial charge in [0.05, 0.1) is 11.1 Å². The van der Waals surface area contributed by atoms with Gasteiger partial charge in [0.15, 0.2) is 0 Å². The van der Waals surface area contributed by atoms with E-state index in [0.29, 0.717) is 11.1 Å². The van der Waals surface area contributed by atoms with Crippen LogP contribution < -0.4 is 11.5 Å². The summed E-state index contributed by atoms with van der Waals surface area (Å²) >= 11 is 0. The number of benzene rings is 1. The Balaban J connectivity index is 3.14. The monoisotopic (exact) mass is 256 g/mol. The lowest BCUT2D eigenvalue weighted by Crippen LogP contribution is -2.21. The molecule has 92 valence electrons. The third kappa shape index (κ3) is 3.85. The van der Waals surface area contributed by atoms with Gasteiger partial charge in [-0.3, -0.25) is 4.55 Å². The van der Waals surface area contributed by atoms with E-state index < -0.39 is 10.1 Å². The van der Waals surface area contributed by atoms with Crippen LogP contribution in [0, 0.1) is 6.92 Å². The molecule has 1 rings (SSSR count). The standard InChI is InChI=1S/C9H12N4O3S/c1-6-2-3-7(5-12-13-9(10)11)4-8(6)17(14,15)16/h2-5H,1H3,(H4,10,11,13)(H,14,15,16). The van der Waals surface area contributed by atoms with Gasteiger partial charge in [0, 0.05) is 0 Å². The normalized spacial score (nSPS) is 11.6. The van der Waals surface area contributed by atoms with Gasteiger partial charge in [-0.05, 0) is 24.1 Å². The number of nitrogens with zero attached hydrogens (tertiary/aromatic N) is 2. The van der Waals surface area contributed by atoms with Gasteiger partial charge >= 0.3 is 0 Å². The van der Waals surface area contributed by atoms with E-state index in [1.54, 1.807) is 19.1 Å². The summed E-state index contributed by atoms with van der Waals surface area (Å²) in [6.45, 7) is 1.57. The fourth-order valence-corrected chi connectivity index (χ4v) is 1.90. The highest BCUT2D eigenvalue weighted by Gasteiger charge is 2.12. The molecule has 0 heterocycles. The second-order valence-electron chi connectivity index (χ2n) is 3.27. The molecule has 0 aliphatic rings. The first-order valence-electron chi connectivity index (χ1n) is 4.51. The average Bonchev–Trinajstić information content (AvgIpc) is 2.18. The Morgan fingerprint density at radius 1 is 1.41 bits per heavy atom. The smallest absolute Gasteiger partial charge is 0.294 e. The second-order valence-corrected chi connectivity index (χ2v) is 4.66. The molecule has 0 bridgehead atoms. The maximum atomic E-state index is 11.0. The number of aryl methyl sites for hydroxylation is 1. The summed E-state index contributed by atoms with van der Waals surface area (Å²) < 4.78 is 31.0. The number of hydrogen-bond acceptors (Lipinski definition) is 4. The SMILES string of the molecule is Cc1ccc(C=NN=C(N)N)cc1S(=O)(=O)O. The van der Waals surface area contributed by atoms with E-state index in [-0.39, 0.29) is 10.9 Å². The van der Waals surface area contributed by atoms with Crippen molar-refractivity contribution >= 4 is 22.3 Å². The molecule has 0 atom stereocenters. The highest BCUT2D eigenvalue weighted by Crippen LogP contribution is 2.15. The lowest BCUT2D eigenvalue weighted by molar-refractivity contribution is 0.482. The first-order chi connectivity index (χ1) is 7.80. The highest BCUT2D eigenvalue weighted by atomic mass is 32.2. The summed E-state index contributed by atoms with van der Waals surface area (Å²) in [5.41, 5.74) is 11.0. The fraction of sp³-hybridized carbons (Fsp3) is 0.111. The minimum atomic E-state index is -4.24. The van der Waals surface area contributed by atoms with Gasteiger partial charge in [-0.1, -0.05) is 12.1 Å². The third-order valence-electron chi connectivity index (χ3n) is 1.87. The van der Waals surface area contributed by atoms with E-state index in [2.05, 4.69) is 10.2 Å². The lowest BCUT2D eigenvalue weighted by Gasteiger charge is -2.02. The summed E-state index contributed by atoms with van der Waals surface area (Å²) in [5, 5.41) is 6.89. The molecule has 1 aromatic carbocycles. The van der Waals surface area contributed by atoms with Crippen molar-refractivity contribution in [3.8, 4) is 0 Å². The van der Waals surface area contributed by atoms with Crippen molar-refractivity contribution in [3.63, 3.8) is 0 Å². The van der Waals surface area contributed by atoms with Gasteiger partial charge in [0.25, 0.3) is 10.1 Å². The predicted octanol–water partition coefficient (Wildman–Crippen LogP) is -0.151. The molecule has 0 spiro atoms. The number of nitrogens with two attached hydrogens (primary N) is 2. The van der Waals surface area contributed by atoms with Crippen molar-refractivity contribution in [3.05, 3.63) is 29.3 Å². The number of rotatable bonds is 3. The van der Waals surface area contributed by atoms with Crippen LogP contribution in [0.2, 0.25) is 0 Å². The predicted molar refractivity (Wildman–Crippen MR) is 64.4 cm³/mol. The quantitative estimate of drug-likeness (QED) is 0.299. The molecular weight excluding hydrogens is 244 g/mol. The van der Waals surface area contributed by atoms with Crippen LogP contribution in [-0.4, -0.2) is 25.1 Å². The molecular formula is C9H12N4O3S. The minimum Gasteiger partial charge on any atom is -0.369 e. The summed E-state index contributed by atoms with van der Waals surface area (Å²) in [7, 11) is -4.24. The first-order valence-corrected chi connectivity index (χ1v) is 5.95. The molecule has 7 nitrogen and oxygen atoms in total. The Morgan fingerprint density at radius 3 is 2.59 bits per heavy atom. The summed E-state index contributed by atoms with van der Waals surface area (Å²) in [6.07, 6.45) is 1.27. The molecule has 0 fully saturated rings. The van der Waals surface area contributed by atoms with Crippen LogP contribution in [0.15, 0.2) is 33.3 Å². The summed E-state index contributed by atoms with van der Waals surface area (Å²) in [5.74, 6) is -0.205. The van der Waals surface area contributed by atoms with Gasteiger partial charge in [-0.25, -0.2) is 0 Å². The van der Waals surface area contributed by atoms with E-state index >= 15 is 0 Å². The zero-order valence-electron chi connectivity index (χ0n) is 9.03. The lowest BCUT2D eigenvalue weighted by atomic mass is 10.2. The molecule has 0 aliphatic heterocycles. The molecule has 0 saturated heterocycles. The third-order valence-corrected chi connectivity index (χ3v) is 2.87. The molecule has 0 unspecified atom stereocenters. The van der Waals surface area contributed by atoms with Gasteiger partial charge in [0.1, 0.15) is 0 Å². The average molecular weight is 256 g/mol. The van der Waals surface area contributed by atoms with E-state index in [1.165, 1.54) is 12.3 Å². The zero-order valence-corrected chi connectivity index (χ0v) is 9.85. The van der Waals surface area contributed by atoms with Crippen molar-refractivity contribution < 1.29 is 13.0 Å². The first kappa shape index (κ1) is 13.1. The van der Waals surface area contributed by atoms with Gasteiger partial charge in [-0.2, -0.15) is 13.5 Å². The molecule has 0 aromatic heterocycles. The molecule has 1 aromatic rings. The van der Waals surface area contributed by atoms with Crippen LogP contribution in [0.5, 0.6) is 0 Å². The zero-order chi connectivity index (χ0) is 13.1. The summed E-state index contributed by atoms with van der Waals surface area (Å²) in [4.78, 5) is -0.175. The Bertz CT molecular complexity index is 574. The van der Waals surface area contributed by atoms with E-state index in [1.807, 2.05) is 0 Å². The van der Waals surface area contributed by atoms with E-state index in [0.717, 1.165) is 0 Å². The van der Waals surface area contributed by atoms with Gasteiger partial charge in [-0.15, -0.1) is 5.10 Å². The van der Waals surface area contributed by atoms with Crippen LogP contribution in [0.25, 0.3) is 0 Å². The van der Waals surface area contributed by atoms with Crippen LogP contribution in [0.1, 0.15) is 11.1 Å². The van der Waals surface area contributed by atoms with Crippen LogP contribution in [0.4, 0.5) is 0 Å². The second kappa shape index (κ2) is 4.93. The topological polar surface area (TPSA) is 131 Å². The van der Waals surface area contributed by atoms with E-state index in [9.17, 15) is 8.42 Å². The molecule has 0 radical (unpaired) electrons. The van der Waals surface area contributed by atoms with Crippen molar-refractivity contribution in [2.75, 3.05) is 0 Å². The van der Waals surface area contributed by atoms with Gasteiger partial charge < -0.3 is 11.5 Å². The molecule has 17 heavy (non-hydrogen) atoms. The largest absolute Gasteiger partial charge is 0.369 e. The minimum absolute atomic E-state index is 0.175. The molecule has 8 heteroatoms.